The second-order valence-corrected chi connectivity index (χ2v) is 8.41. The van der Waals surface area contributed by atoms with Gasteiger partial charge in [-0.3, -0.25) is 0 Å². The molecule has 1 N–H and O–H groups in total. The van der Waals surface area contributed by atoms with E-state index in [9.17, 15) is 0 Å². The van der Waals surface area contributed by atoms with Crippen LogP contribution in [-0.2, 0) is 6.42 Å². The van der Waals surface area contributed by atoms with Gasteiger partial charge in [0.25, 0.3) is 0 Å². The summed E-state index contributed by atoms with van der Waals surface area (Å²) < 4.78 is 0. The third-order valence-corrected chi connectivity index (χ3v) is 6.62. The van der Waals surface area contributed by atoms with E-state index in [0.717, 1.165) is 18.4 Å². The van der Waals surface area contributed by atoms with Gasteiger partial charge in [0.15, 0.2) is 0 Å². The van der Waals surface area contributed by atoms with E-state index in [1.54, 1.807) is 4.88 Å². The van der Waals surface area contributed by atoms with Crippen molar-refractivity contribution in [1.29, 1.82) is 0 Å². The van der Waals surface area contributed by atoms with Crippen molar-refractivity contribution >= 4 is 11.3 Å². The Hall–Kier alpha value is -0.410. The minimum atomic E-state index is 0.577. The van der Waals surface area contributed by atoms with Crippen molar-refractivity contribution in [2.24, 2.45) is 5.92 Å². The van der Waals surface area contributed by atoms with Crippen LogP contribution in [0.15, 0.2) is 0 Å². The summed E-state index contributed by atoms with van der Waals surface area (Å²) >= 11 is 2.04. The molecule has 0 aromatic carbocycles. The highest BCUT2D eigenvalue weighted by molar-refractivity contribution is 7.11. The van der Waals surface area contributed by atoms with Crippen LogP contribution >= 0.6 is 11.3 Å². The van der Waals surface area contributed by atoms with Gasteiger partial charge >= 0.3 is 0 Å². The Balaban J connectivity index is 1.72. The lowest BCUT2D eigenvalue weighted by atomic mass is 9.91. The molecule has 3 rings (SSSR count). The average molecular weight is 307 g/mol. The van der Waals surface area contributed by atoms with Gasteiger partial charge in [-0.2, -0.15) is 0 Å². The van der Waals surface area contributed by atoms with Gasteiger partial charge in [0.2, 0.25) is 0 Å². The van der Waals surface area contributed by atoms with E-state index in [1.807, 2.05) is 11.3 Å². The predicted octanol–water partition coefficient (Wildman–Crippen LogP) is 4.85. The lowest BCUT2D eigenvalue weighted by molar-refractivity contribution is 0.473. The Labute approximate surface area is 133 Å². The average Bonchev–Trinajstić information content (AvgIpc) is 3.10. The van der Waals surface area contributed by atoms with Crippen LogP contribution < -0.4 is 5.32 Å². The minimum absolute atomic E-state index is 0.577. The Bertz CT molecular complexity index is 466. The van der Waals surface area contributed by atoms with Crippen molar-refractivity contribution in [3.8, 4) is 0 Å². The highest BCUT2D eigenvalue weighted by Gasteiger charge is 2.30. The van der Waals surface area contributed by atoms with Crippen LogP contribution in [0.3, 0.4) is 0 Å². The summed E-state index contributed by atoms with van der Waals surface area (Å²) in [6.45, 7) is 7.92. The van der Waals surface area contributed by atoms with E-state index >= 15 is 0 Å². The highest BCUT2D eigenvalue weighted by atomic mass is 32.1. The second-order valence-electron chi connectivity index (χ2n) is 7.30. The van der Waals surface area contributed by atoms with E-state index < -0.39 is 0 Å². The molecule has 0 saturated heterocycles. The van der Waals surface area contributed by atoms with Crippen LogP contribution in [0, 0.1) is 5.92 Å². The molecular weight excluding hydrogens is 276 g/mol. The quantitative estimate of drug-likeness (QED) is 0.840. The number of thiazole rings is 1. The van der Waals surface area contributed by atoms with Crippen molar-refractivity contribution in [2.75, 3.05) is 6.54 Å². The maximum Gasteiger partial charge on any atom is 0.0962 e. The number of rotatable bonds is 5. The second kappa shape index (κ2) is 6.78. The monoisotopic (exact) mass is 306 g/mol. The van der Waals surface area contributed by atoms with E-state index in [0.29, 0.717) is 12.0 Å². The maximum absolute atomic E-state index is 5.14. The molecule has 1 aromatic rings. The van der Waals surface area contributed by atoms with E-state index in [1.165, 1.54) is 55.6 Å². The number of nitrogens with zero attached hydrogens (tertiary/aromatic N) is 1. The Morgan fingerprint density at radius 2 is 2.14 bits per heavy atom. The van der Waals surface area contributed by atoms with Gasteiger partial charge < -0.3 is 5.32 Å². The zero-order valence-electron chi connectivity index (χ0n) is 13.8. The lowest BCUT2D eigenvalue weighted by Crippen LogP contribution is -2.29. The first-order valence-corrected chi connectivity index (χ1v) is 9.71. The molecule has 1 heterocycles. The van der Waals surface area contributed by atoms with Crippen LogP contribution in [0.1, 0.15) is 86.7 Å². The van der Waals surface area contributed by atoms with Gasteiger partial charge in [0.1, 0.15) is 0 Å². The molecule has 2 aliphatic carbocycles. The highest BCUT2D eigenvalue weighted by Crippen LogP contribution is 2.44. The first kappa shape index (κ1) is 15.5. The fraction of sp³-hybridized carbons (Fsp3) is 0.833. The molecule has 0 amide bonds. The third kappa shape index (κ3) is 3.50. The number of fused-ring (bicyclic) bond motifs is 1. The first-order chi connectivity index (χ1) is 10.2. The van der Waals surface area contributed by atoms with Crippen LogP contribution in [0.2, 0.25) is 0 Å². The fourth-order valence-corrected chi connectivity index (χ4v) is 5.29. The smallest absolute Gasteiger partial charge is 0.0962 e. The Morgan fingerprint density at radius 3 is 2.86 bits per heavy atom. The largest absolute Gasteiger partial charge is 0.314 e. The van der Waals surface area contributed by atoms with Crippen LogP contribution in [0.4, 0.5) is 0 Å². The normalized spacial score (nSPS) is 29.0. The Kier molecular flexibility index (Phi) is 5.00. The van der Waals surface area contributed by atoms with Crippen LogP contribution in [0.5, 0.6) is 0 Å². The van der Waals surface area contributed by atoms with Gasteiger partial charge in [0, 0.05) is 29.3 Å². The standard InChI is InChI=1S/C18H30N2S/c1-4-13-8-9-14(10-13)18-20-17-15(11-19-12(2)3)6-5-7-16(17)21-18/h12-15,19H,4-11H2,1-3H3. The summed E-state index contributed by atoms with van der Waals surface area (Å²) in [6.07, 6.45) is 9.47. The molecule has 0 aliphatic heterocycles. The minimum Gasteiger partial charge on any atom is -0.314 e. The molecule has 2 nitrogen and oxygen atoms in total. The van der Waals surface area contributed by atoms with Crippen LogP contribution in [-0.4, -0.2) is 17.6 Å². The molecule has 1 fully saturated rings. The predicted molar refractivity (Wildman–Crippen MR) is 91.3 cm³/mol. The number of nitrogens with one attached hydrogen (secondary N) is 1. The zero-order chi connectivity index (χ0) is 14.8. The molecule has 2 aliphatic rings. The maximum atomic E-state index is 5.14. The van der Waals surface area contributed by atoms with Gasteiger partial charge in [-0.05, 0) is 44.4 Å². The summed E-state index contributed by atoms with van der Waals surface area (Å²) in [5.41, 5.74) is 1.45. The molecule has 0 radical (unpaired) electrons. The van der Waals surface area contributed by atoms with Crippen molar-refractivity contribution < 1.29 is 0 Å². The summed E-state index contributed by atoms with van der Waals surface area (Å²) in [6, 6.07) is 0.577. The van der Waals surface area contributed by atoms with Crippen molar-refractivity contribution in [2.45, 2.75) is 83.6 Å². The SMILES string of the molecule is CCC1CCC(c2nc3c(s2)CCCC3CNC(C)C)C1. The topological polar surface area (TPSA) is 24.9 Å². The molecule has 3 heteroatoms. The number of hydrogen-bond acceptors (Lipinski definition) is 3. The molecule has 1 saturated carbocycles. The zero-order valence-corrected chi connectivity index (χ0v) is 14.6. The number of aromatic nitrogens is 1. The van der Waals surface area contributed by atoms with Gasteiger partial charge in [-0.15, -0.1) is 11.3 Å². The van der Waals surface area contributed by atoms with E-state index in [-0.39, 0.29) is 0 Å². The number of hydrogen-bond donors (Lipinski definition) is 1. The molecule has 118 valence electrons. The van der Waals surface area contributed by atoms with Gasteiger partial charge in [-0.1, -0.05) is 27.2 Å². The lowest BCUT2D eigenvalue weighted by Gasteiger charge is -2.22. The molecule has 0 bridgehead atoms. The molecule has 0 spiro atoms. The summed E-state index contributed by atoms with van der Waals surface area (Å²) in [5, 5.41) is 5.08. The third-order valence-electron chi connectivity index (χ3n) is 5.33. The Morgan fingerprint density at radius 1 is 1.29 bits per heavy atom. The molecule has 3 unspecified atom stereocenters. The van der Waals surface area contributed by atoms with Crippen LogP contribution in [0.25, 0.3) is 0 Å². The molecule has 1 aromatic heterocycles. The summed E-state index contributed by atoms with van der Waals surface area (Å²) in [7, 11) is 0. The van der Waals surface area contributed by atoms with Crippen molar-refractivity contribution in [1.82, 2.24) is 10.3 Å². The molecule has 21 heavy (non-hydrogen) atoms. The number of aryl methyl sites for hydroxylation is 1. The summed E-state index contributed by atoms with van der Waals surface area (Å²) in [4.78, 5) is 6.74. The first-order valence-electron chi connectivity index (χ1n) is 8.90. The molecule has 3 atom stereocenters. The fourth-order valence-electron chi connectivity index (χ4n) is 3.95. The van der Waals surface area contributed by atoms with Crippen molar-refractivity contribution in [3.63, 3.8) is 0 Å². The van der Waals surface area contributed by atoms with E-state index in [2.05, 4.69) is 26.1 Å². The van der Waals surface area contributed by atoms with E-state index in [4.69, 9.17) is 4.98 Å². The van der Waals surface area contributed by atoms with Gasteiger partial charge in [-0.25, -0.2) is 4.98 Å². The summed E-state index contributed by atoms with van der Waals surface area (Å²) in [5.74, 6) is 2.38. The van der Waals surface area contributed by atoms with Crippen molar-refractivity contribution in [3.05, 3.63) is 15.6 Å². The molecular formula is C18H30N2S. The van der Waals surface area contributed by atoms with Gasteiger partial charge in [0.05, 0.1) is 10.7 Å².